The fourth-order valence-electron chi connectivity index (χ4n) is 3.97. The lowest BCUT2D eigenvalue weighted by atomic mass is 9.80. The summed E-state index contributed by atoms with van der Waals surface area (Å²) in [4.78, 5) is -0.118. The van der Waals surface area contributed by atoms with Crippen molar-refractivity contribution in [3.63, 3.8) is 0 Å². The van der Waals surface area contributed by atoms with Crippen molar-refractivity contribution < 1.29 is 30.5 Å². The lowest BCUT2D eigenvalue weighted by Gasteiger charge is -2.17. The Balaban J connectivity index is 2.07. The Bertz CT molecular complexity index is 1190. The molecule has 0 spiro atoms. The van der Waals surface area contributed by atoms with Crippen LogP contribution in [-0.4, -0.2) is 48.5 Å². The van der Waals surface area contributed by atoms with Gasteiger partial charge in [0.15, 0.2) is 5.71 Å². The van der Waals surface area contributed by atoms with E-state index in [-0.39, 0.29) is 16.1 Å². The number of fused-ring (bicyclic) bond motifs is 3. The average Bonchev–Trinajstić information content (AvgIpc) is 2.76. The van der Waals surface area contributed by atoms with Crippen LogP contribution in [-0.2, 0) is 25.7 Å². The summed E-state index contributed by atoms with van der Waals surface area (Å²) < 4.78 is 65.9. The van der Waals surface area contributed by atoms with Crippen LogP contribution in [0.5, 0.6) is 0 Å². The van der Waals surface area contributed by atoms with E-state index in [1.807, 2.05) is 19.1 Å². The van der Waals surface area contributed by atoms with Crippen LogP contribution in [0.1, 0.15) is 39.2 Å². The monoisotopic (exact) mass is 426 g/mol. The maximum absolute atomic E-state index is 11.8. The Morgan fingerprint density at radius 3 is 2.25 bits per heavy atom. The number of hydrogen-bond acceptors (Lipinski definition) is 4. The Morgan fingerprint density at radius 2 is 1.64 bits per heavy atom. The smallest absolute Gasteiger partial charge is 0.286 e. The standard InChI is InChI=1S/C19H23NO6S2/c1-13-19(2,3)18-15-7-6-8-17(28(24,25)26)14(15)9-10-16(18)20(13)11-4-5-12-27(21,22)23/h6-10H,4-5,11-12H2,1-3H3,(H-,21,22,23,24,25,26)/p+1. The van der Waals surface area contributed by atoms with Crippen LogP contribution in [0, 0.1) is 0 Å². The molecule has 0 aromatic heterocycles. The van der Waals surface area contributed by atoms with Crippen molar-refractivity contribution in [2.45, 2.75) is 43.9 Å². The molecule has 0 atom stereocenters. The third-order valence-corrected chi connectivity index (χ3v) is 7.25. The van der Waals surface area contributed by atoms with Crippen LogP contribution in [0.3, 0.4) is 0 Å². The maximum Gasteiger partial charge on any atom is 0.295 e. The van der Waals surface area contributed by atoms with Crippen molar-refractivity contribution in [2.24, 2.45) is 0 Å². The van der Waals surface area contributed by atoms with Crippen molar-refractivity contribution in [1.29, 1.82) is 0 Å². The summed E-state index contributed by atoms with van der Waals surface area (Å²) >= 11 is 0. The first-order valence-electron chi connectivity index (χ1n) is 8.94. The molecule has 3 rings (SSSR count). The zero-order chi connectivity index (χ0) is 20.9. The van der Waals surface area contributed by atoms with Crippen molar-refractivity contribution in [3.05, 3.63) is 35.9 Å². The van der Waals surface area contributed by atoms with Gasteiger partial charge in [-0.25, -0.2) is 0 Å². The van der Waals surface area contributed by atoms with Gasteiger partial charge in [0.2, 0.25) is 5.69 Å². The lowest BCUT2D eigenvalue weighted by Crippen LogP contribution is -2.27. The normalized spacial score (nSPS) is 16.6. The van der Waals surface area contributed by atoms with E-state index in [4.69, 9.17) is 4.55 Å². The van der Waals surface area contributed by atoms with Gasteiger partial charge in [-0.1, -0.05) is 12.1 Å². The fraction of sp³-hybridized carbons (Fsp3) is 0.421. The molecule has 2 N–H and O–H groups in total. The highest BCUT2D eigenvalue weighted by atomic mass is 32.2. The molecule has 1 heterocycles. The highest BCUT2D eigenvalue weighted by Gasteiger charge is 2.44. The van der Waals surface area contributed by atoms with Gasteiger partial charge in [-0.2, -0.15) is 21.4 Å². The van der Waals surface area contributed by atoms with Gasteiger partial charge in [0.05, 0.1) is 11.2 Å². The molecule has 1 aliphatic rings. The second-order valence-corrected chi connectivity index (χ2v) is 10.6. The van der Waals surface area contributed by atoms with Crippen LogP contribution < -0.4 is 0 Å². The second kappa shape index (κ2) is 6.91. The Morgan fingerprint density at radius 1 is 0.964 bits per heavy atom. The quantitative estimate of drug-likeness (QED) is 0.417. The summed E-state index contributed by atoms with van der Waals surface area (Å²) in [5.41, 5.74) is 2.62. The summed E-state index contributed by atoms with van der Waals surface area (Å²) in [6, 6.07) is 8.38. The highest BCUT2D eigenvalue weighted by Crippen LogP contribution is 2.44. The van der Waals surface area contributed by atoms with Crippen LogP contribution in [0.25, 0.3) is 10.8 Å². The molecule has 0 fully saturated rings. The minimum atomic E-state index is -4.34. The van der Waals surface area contributed by atoms with Gasteiger partial charge in [-0.3, -0.25) is 9.11 Å². The predicted molar refractivity (Wildman–Crippen MR) is 108 cm³/mol. The fourth-order valence-corrected chi connectivity index (χ4v) is 5.24. The second-order valence-electron chi connectivity index (χ2n) is 7.64. The zero-order valence-corrected chi connectivity index (χ0v) is 17.6. The third-order valence-electron chi connectivity index (χ3n) is 5.54. The first-order valence-corrected chi connectivity index (χ1v) is 12.0. The molecule has 0 unspecified atom stereocenters. The molecule has 0 bridgehead atoms. The van der Waals surface area contributed by atoms with E-state index < -0.39 is 20.2 Å². The molecule has 0 radical (unpaired) electrons. The zero-order valence-electron chi connectivity index (χ0n) is 16.0. The highest BCUT2D eigenvalue weighted by molar-refractivity contribution is 7.86. The van der Waals surface area contributed by atoms with E-state index in [1.165, 1.54) is 6.07 Å². The van der Waals surface area contributed by atoms with Crippen LogP contribution >= 0.6 is 0 Å². The molecule has 152 valence electrons. The molecule has 0 saturated heterocycles. The predicted octanol–water partition coefficient (Wildman–Crippen LogP) is 3.15. The largest absolute Gasteiger partial charge is 0.295 e. The van der Waals surface area contributed by atoms with Gasteiger partial charge in [0.1, 0.15) is 11.4 Å². The van der Waals surface area contributed by atoms with Crippen molar-refractivity contribution >= 4 is 42.4 Å². The Kier molecular flexibility index (Phi) is 5.16. The van der Waals surface area contributed by atoms with Crippen molar-refractivity contribution in [3.8, 4) is 0 Å². The molecule has 2 aromatic carbocycles. The average molecular weight is 427 g/mol. The summed E-state index contributed by atoms with van der Waals surface area (Å²) in [5, 5.41) is 1.23. The number of unbranched alkanes of at least 4 members (excludes halogenated alkanes) is 1. The topological polar surface area (TPSA) is 112 Å². The first-order chi connectivity index (χ1) is 12.8. The van der Waals surface area contributed by atoms with E-state index in [1.54, 1.807) is 12.1 Å². The van der Waals surface area contributed by atoms with Crippen LogP contribution in [0.2, 0.25) is 0 Å². The molecular weight excluding hydrogens is 402 g/mol. The van der Waals surface area contributed by atoms with Crippen LogP contribution in [0.4, 0.5) is 5.69 Å². The molecule has 1 aliphatic heterocycles. The summed E-state index contributed by atoms with van der Waals surface area (Å²) in [5.74, 6) is -0.272. The molecule has 0 saturated carbocycles. The lowest BCUT2D eigenvalue weighted by molar-refractivity contribution is -0.439. The number of benzene rings is 2. The number of hydrogen-bond donors (Lipinski definition) is 2. The minimum absolute atomic E-state index is 0.118. The summed E-state index contributed by atoms with van der Waals surface area (Å²) in [7, 11) is -8.31. The van der Waals surface area contributed by atoms with Gasteiger partial charge in [0, 0.05) is 30.4 Å². The SMILES string of the molecule is CC1=[N+](CCCCS(=O)(=O)O)c2ccc3c(S(=O)(=O)O)cccc3c2C1(C)C. The van der Waals surface area contributed by atoms with E-state index in [0.717, 1.165) is 22.3 Å². The molecule has 9 heteroatoms. The third kappa shape index (κ3) is 3.71. The van der Waals surface area contributed by atoms with Gasteiger partial charge < -0.3 is 0 Å². The van der Waals surface area contributed by atoms with Gasteiger partial charge >= 0.3 is 0 Å². The molecule has 7 nitrogen and oxygen atoms in total. The molecule has 0 amide bonds. The van der Waals surface area contributed by atoms with Crippen LogP contribution in [0.15, 0.2) is 35.2 Å². The first kappa shape index (κ1) is 20.9. The van der Waals surface area contributed by atoms with Crippen molar-refractivity contribution in [1.82, 2.24) is 0 Å². The summed E-state index contributed by atoms with van der Waals surface area (Å²) in [6.07, 6.45) is 0.925. The molecular formula is C19H24NO6S2+. The number of nitrogens with zero attached hydrogens (tertiary/aromatic N) is 1. The molecule has 2 aromatic rings. The van der Waals surface area contributed by atoms with E-state index in [2.05, 4.69) is 18.4 Å². The number of rotatable bonds is 6. The van der Waals surface area contributed by atoms with Gasteiger partial charge in [-0.05, 0) is 37.8 Å². The van der Waals surface area contributed by atoms with E-state index in [0.29, 0.717) is 24.8 Å². The van der Waals surface area contributed by atoms with Gasteiger partial charge in [-0.15, -0.1) is 0 Å². The Labute approximate surface area is 165 Å². The summed E-state index contributed by atoms with van der Waals surface area (Å²) in [6.45, 7) is 6.69. The van der Waals surface area contributed by atoms with E-state index >= 15 is 0 Å². The Hall–Kier alpha value is -1.81. The maximum atomic E-state index is 11.8. The van der Waals surface area contributed by atoms with Crippen molar-refractivity contribution in [2.75, 3.05) is 12.3 Å². The van der Waals surface area contributed by atoms with Gasteiger partial charge in [0.25, 0.3) is 20.2 Å². The molecule has 28 heavy (non-hydrogen) atoms. The molecule has 0 aliphatic carbocycles. The minimum Gasteiger partial charge on any atom is -0.286 e. The van der Waals surface area contributed by atoms with E-state index in [9.17, 15) is 21.4 Å².